The van der Waals surface area contributed by atoms with E-state index in [0.717, 1.165) is 19.6 Å². The summed E-state index contributed by atoms with van der Waals surface area (Å²) < 4.78 is 0. The Hall–Kier alpha value is -1.01. The topological polar surface area (TPSA) is 23.6 Å². The van der Waals surface area contributed by atoms with Crippen LogP contribution in [0.5, 0.6) is 0 Å². The van der Waals surface area contributed by atoms with Crippen molar-refractivity contribution < 1.29 is 4.79 Å². The number of hydrogen-bond acceptors (Lipinski definition) is 2. The maximum Gasteiger partial charge on any atom is 0.298 e. The second-order valence-corrected chi connectivity index (χ2v) is 3.48. The maximum absolute atomic E-state index is 11.4. The summed E-state index contributed by atoms with van der Waals surface area (Å²) in [5.74, 6) is 5.18. The monoisotopic (exact) mass is 210 g/mol. The number of piperazine rings is 1. The first-order chi connectivity index (χ1) is 7.15. The first-order valence-corrected chi connectivity index (χ1v) is 5.57. The van der Waals surface area contributed by atoms with E-state index in [0.29, 0.717) is 0 Å². The van der Waals surface area contributed by atoms with Gasteiger partial charge in [0, 0.05) is 25.7 Å². The Labute approximate surface area is 93.4 Å². The number of hydrogen-bond donors (Lipinski definition) is 0. The zero-order chi connectivity index (χ0) is 11.8. The van der Waals surface area contributed by atoms with Crippen LogP contribution in [0.25, 0.3) is 0 Å². The highest BCUT2D eigenvalue weighted by Crippen LogP contribution is 2.07. The smallest absolute Gasteiger partial charge is 0.298 e. The number of nitrogens with zero attached hydrogens (tertiary/aromatic N) is 2. The molecule has 1 heterocycles. The minimum atomic E-state index is -0.0388. The summed E-state index contributed by atoms with van der Waals surface area (Å²) in [6.45, 7) is 10.4. The Kier molecular flexibility index (Phi) is 6.81. The summed E-state index contributed by atoms with van der Waals surface area (Å²) in [7, 11) is 2.07. The third-order valence-electron chi connectivity index (χ3n) is 2.32. The van der Waals surface area contributed by atoms with Crippen LogP contribution in [0, 0.1) is 11.8 Å². The van der Waals surface area contributed by atoms with Crippen molar-refractivity contribution in [3.63, 3.8) is 0 Å². The third kappa shape index (κ3) is 4.35. The highest BCUT2D eigenvalue weighted by molar-refractivity contribution is 5.93. The van der Waals surface area contributed by atoms with Crippen LogP contribution in [0.15, 0.2) is 0 Å². The molecular weight excluding hydrogens is 188 g/mol. The number of carbonyl (C=O) groups is 1. The Balaban J connectivity index is 0.000000921. The van der Waals surface area contributed by atoms with Crippen LogP contribution in [0.4, 0.5) is 0 Å². The van der Waals surface area contributed by atoms with Gasteiger partial charge in [-0.3, -0.25) is 4.79 Å². The van der Waals surface area contributed by atoms with Gasteiger partial charge < -0.3 is 9.80 Å². The summed E-state index contributed by atoms with van der Waals surface area (Å²) in [5, 5.41) is 0. The Morgan fingerprint density at radius 1 is 1.33 bits per heavy atom. The van der Waals surface area contributed by atoms with Gasteiger partial charge in [0.1, 0.15) is 0 Å². The molecule has 1 fully saturated rings. The normalized spacial score (nSPS) is 20.9. The van der Waals surface area contributed by atoms with Gasteiger partial charge in [0.15, 0.2) is 0 Å². The lowest BCUT2D eigenvalue weighted by Crippen LogP contribution is -2.52. The highest BCUT2D eigenvalue weighted by atomic mass is 16.2. The molecule has 1 aliphatic rings. The van der Waals surface area contributed by atoms with Crippen molar-refractivity contribution in [2.24, 2.45) is 0 Å². The second kappa shape index (κ2) is 7.30. The fraction of sp³-hybridized carbons (Fsp3) is 0.750. The van der Waals surface area contributed by atoms with E-state index in [1.807, 2.05) is 18.7 Å². The fourth-order valence-corrected chi connectivity index (χ4v) is 1.62. The van der Waals surface area contributed by atoms with Crippen molar-refractivity contribution in [2.45, 2.75) is 33.7 Å². The van der Waals surface area contributed by atoms with Gasteiger partial charge >= 0.3 is 0 Å². The van der Waals surface area contributed by atoms with Gasteiger partial charge in [0.25, 0.3) is 5.91 Å². The molecule has 1 aliphatic heterocycles. The molecule has 1 atom stereocenters. The summed E-state index contributed by atoms with van der Waals surface area (Å²) in [6, 6.07) is 0.284. The van der Waals surface area contributed by atoms with Gasteiger partial charge in [-0.1, -0.05) is 19.8 Å². The molecule has 1 rings (SSSR count). The van der Waals surface area contributed by atoms with Crippen LogP contribution in [-0.4, -0.2) is 48.4 Å². The molecule has 3 heteroatoms. The standard InChI is InChI=1S/C10H16N2O.C2H6/c1-4-5-10(13)12-7-6-11(3)8-9(12)2;1-2/h9H,6-8H2,1-3H3;1-2H3. The number of rotatable bonds is 0. The molecule has 0 aromatic carbocycles. The van der Waals surface area contributed by atoms with Crippen LogP contribution < -0.4 is 0 Å². The molecule has 0 spiro atoms. The number of amides is 1. The largest absolute Gasteiger partial charge is 0.327 e. The van der Waals surface area contributed by atoms with Crippen molar-refractivity contribution in [3.8, 4) is 11.8 Å². The number of carbonyl (C=O) groups excluding carboxylic acids is 1. The van der Waals surface area contributed by atoms with Crippen LogP contribution in [0.1, 0.15) is 27.7 Å². The van der Waals surface area contributed by atoms with E-state index in [1.54, 1.807) is 6.92 Å². The van der Waals surface area contributed by atoms with E-state index in [4.69, 9.17) is 0 Å². The third-order valence-corrected chi connectivity index (χ3v) is 2.32. The second-order valence-electron chi connectivity index (χ2n) is 3.48. The molecule has 0 bridgehead atoms. The van der Waals surface area contributed by atoms with Crippen LogP contribution in [0.2, 0.25) is 0 Å². The Morgan fingerprint density at radius 3 is 2.40 bits per heavy atom. The first kappa shape index (κ1) is 14.0. The van der Waals surface area contributed by atoms with Crippen molar-refractivity contribution in [1.82, 2.24) is 9.80 Å². The molecule has 0 aliphatic carbocycles. The number of likely N-dealkylation sites (N-methyl/N-ethyl adjacent to an activating group) is 1. The molecular formula is C12H22N2O. The molecule has 0 saturated carbocycles. The van der Waals surface area contributed by atoms with E-state index in [1.165, 1.54) is 0 Å². The molecule has 15 heavy (non-hydrogen) atoms. The zero-order valence-electron chi connectivity index (χ0n) is 10.5. The average Bonchev–Trinajstić information content (AvgIpc) is 2.21. The molecule has 1 saturated heterocycles. The molecule has 0 aromatic heterocycles. The van der Waals surface area contributed by atoms with E-state index >= 15 is 0 Å². The molecule has 3 nitrogen and oxygen atoms in total. The molecule has 0 N–H and O–H groups in total. The Bertz CT molecular complexity index is 252. The lowest BCUT2D eigenvalue weighted by Gasteiger charge is -2.37. The molecule has 0 radical (unpaired) electrons. The fourth-order valence-electron chi connectivity index (χ4n) is 1.62. The quantitative estimate of drug-likeness (QED) is 0.561. The predicted molar refractivity (Wildman–Crippen MR) is 63.5 cm³/mol. The lowest BCUT2D eigenvalue weighted by atomic mass is 10.2. The maximum atomic E-state index is 11.4. The van der Waals surface area contributed by atoms with Gasteiger partial charge in [0.2, 0.25) is 0 Å². The molecule has 1 amide bonds. The predicted octanol–water partition coefficient (Wildman–Crippen LogP) is 1.20. The minimum absolute atomic E-state index is 0.0388. The molecule has 0 aromatic rings. The van der Waals surface area contributed by atoms with E-state index in [9.17, 15) is 4.79 Å². The van der Waals surface area contributed by atoms with E-state index < -0.39 is 0 Å². The van der Waals surface area contributed by atoms with Crippen LogP contribution in [0.3, 0.4) is 0 Å². The first-order valence-electron chi connectivity index (χ1n) is 5.57. The van der Waals surface area contributed by atoms with Crippen molar-refractivity contribution >= 4 is 5.91 Å². The zero-order valence-corrected chi connectivity index (χ0v) is 10.5. The van der Waals surface area contributed by atoms with Crippen LogP contribution in [-0.2, 0) is 4.79 Å². The van der Waals surface area contributed by atoms with E-state index in [2.05, 4.69) is 30.7 Å². The van der Waals surface area contributed by atoms with Gasteiger partial charge in [-0.05, 0) is 26.8 Å². The molecule has 1 unspecified atom stereocenters. The van der Waals surface area contributed by atoms with Crippen molar-refractivity contribution in [3.05, 3.63) is 0 Å². The summed E-state index contributed by atoms with van der Waals surface area (Å²) in [4.78, 5) is 15.5. The van der Waals surface area contributed by atoms with E-state index in [-0.39, 0.29) is 11.9 Å². The molecule has 86 valence electrons. The SMILES string of the molecule is CC.CC#CC(=O)N1CCN(C)CC1C. The van der Waals surface area contributed by atoms with Gasteiger partial charge in [0.05, 0.1) is 0 Å². The van der Waals surface area contributed by atoms with Crippen molar-refractivity contribution in [1.29, 1.82) is 0 Å². The van der Waals surface area contributed by atoms with Gasteiger partial charge in [-0.2, -0.15) is 0 Å². The van der Waals surface area contributed by atoms with Gasteiger partial charge in [-0.15, -0.1) is 0 Å². The van der Waals surface area contributed by atoms with Gasteiger partial charge in [-0.25, -0.2) is 0 Å². The average molecular weight is 210 g/mol. The summed E-state index contributed by atoms with van der Waals surface area (Å²) in [6.07, 6.45) is 0. The van der Waals surface area contributed by atoms with Crippen LogP contribution >= 0.6 is 0 Å². The van der Waals surface area contributed by atoms with Crippen molar-refractivity contribution in [2.75, 3.05) is 26.7 Å². The Morgan fingerprint density at radius 2 is 1.93 bits per heavy atom. The lowest BCUT2D eigenvalue weighted by molar-refractivity contribution is -0.129. The summed E-state index contributed by atoms with van der Waals surface area (Å²) >= 11 is 0. The summed E-state index contributed by atoms with van der Waals surface area (Å²) in [5.41, 5.74) is 0. The highest BCUT2D eigenvalue weighted by Gasteiger charge is 2.24. The minimum Gasteiger partial charge on any atom is -0.327 e.